The topological polar surface area (TPSA) is 55.8 Å². The van der Waals surface area contributed by atoms with Gasteiger partial charge < -0.3 is 9.47 Å². The fraction of sp³-hybridized carbons (Fsp3) is 0.333. The van der Waals surface area contributed by atoms with Crippen LogP contribution >= 0.6 is 0 Å². The van der Waals surface area contributed by atoms with Crippen LogP contribution in [0.2, 0.25) is 0 Å². The molecule has 2 aromatic rings. The maximum absolute atomic E-state index is 13.2. The van der Waals surface area contributed by atoms with Gasteiger partial charge in [0.25, 0.3) is 0 Å². The van der Waals surface area contributed by atoms with Crippen molar-refractivity contribution in [3.63, 3.8) is 0 Å². The number of nitrogens with zero attached hydrogens (tertiary/aromatic N) is 1. The van der Waals surface area contributed by atoms with E-state index in [1.807, 2.05) is 24.3 Å². The SMILES string of the molecule is COc1ccccc1Oc1ccc(N2C(=O)C3C4C=CC(C5CC45)C3C2=O)cc1. The van der Waals surface area contributed by atoms with Gasteiger partial charge in [0, 0.05) is 0 Å². The first-order chi connectivity index (χ1) is 14.2. The Morgan fingerprint density at radius 3 is 2.00 bits per heavy atom. The number of para-hydroxylation sites is 2. The largest absolute Gasteiger partial charge is 0.493 e. The van der Waals surface area contributed by atoms with Crippen LogP contribution in [0.25, 0.3) is 0 Å². The Morgan fingerprint density at radius 2 is 1.41 bits per heavy atom. The highest BCUT2D eigenvalue weighted by molar-refractivity contribution is 6.22. The molecule has 1 aliphatic heterocycles. The summed E-state index contributed by atoms with van der Waals surface area (Å²) in [4.78, 5) is 27.8. The normalized spacial score (nSPS) is 33.5. The molecule has 1 heterocycles. The fourth-order valence-corrected chi connectivity index (χ4v) is 5.70. The summed E-state index contributed by atoms with van der Waals surface area (Å²) in [6.45, 7) is 0. The van der Waals surface area contributed by atoms with Crippen LogP contribution < -0.4 is 14.4 Å². The van der Waals surface area contributed by atoms with Gasteiger partial charge in [0.15, 0.2) is 11.5 Å². The number of benzene rings is 2. The lowest BCUT2D eigenvalue weighted by atomic mass is 9.63. The molecule has 2 aromatic carbocycles. The summed E-state index contributed by atoms with van der Waals surface area (Å²) < 4.78 is 11.2. The van der Waals surface area contributed by atoms with Gasteiger partial charge >= 0.3 is 0 Å². The molecular weight excluding hydrogens is 366 g/mol. The van der Waals surface area contributed by atoms with E-state index in [9.17, 15) is 9.59 Å². The number of ether oxygens (including phenoxy) is 2. The molecule has 3 fully saturated rings. The van der Waals surface area contributed by atoms with Crippen molar-refractivity contribution in [3.8, 4) is 17.2 Å². The third-order valence-corrected chi connectivity index (χ3v) is 7.05. The number of carbonyl (C=O) groups is 2. The van der Waals surface area contributed by atoms with Crippen LogP contribution in [0.1, 0.15) is 6.42 Å². The lowest BCUT2D eigenvalue weighted by Crippen LogP contribution is -2.40. The van der Waals surface area contributed by atoms with E-state index in [0.29, 0.717) is 34.8 Å². The van der Waals surface area contributed by atoms with Gasteiger partial charge in [-0.3, -0.25) is 14.5 Å². The van der Waals surface area contributed by atoms with Crippen molar-refractivity contribution in [2.75, 3.05) is 12.0 Å². The third-order valence-electron chi connectivity index (χ3n) is 7.05. The number of allylic oxidation sites excluding steroid dienone is 2. The van der Waals surface area contributed by atoms with Gasteiger partial charge in [0.1, 0.15) is 5.75 Å². The minimum atomic E-state index is -0.175. The second kappa shape index (κ2) is 5.96. The predicted octanol–water partition coefficient (Wildman–Crippen LogP) is 4.05. The van der Waals surface area contributed by atoms with Crippen molar-refractivity contribution < 1.29 is 19.1 Å². The summed E-state index contributed by atoms with van der Waals surface area (Å²) in [6, 6.07) is 14.6. The van der Waals surface area contributed by atoms with Crippen LogP contribution in [0.3, 0.4) is 0 Å². The number of imide groups is 1. The number of hydrogen-bond acceptors (Lipinski definition) is 4. The quantitative estimate of drug-likeness (QED) is 0.587. The monoisotopic (exact) mass is 387 g/mol. The van der Waals surface area contributed by atoms with Crippen molar-refractivity contribution in [2.45, 2.75) is 6.42 Å². The van der Waals surface area contributed by atoms with Gasteiger partial charge in [-0.05, 0) is 66.5 Å². The van der Waals surface area contributed by atoms with E-state index in [4.69, 9.17) is 9.47 Å². The summed E-state index contributed by atoms with van der Waals surface area (Å²) in [6.07, 6.45) is 5.56. The zero-order valence-electron chi connectivity index (χ0n) is 16.0. The van der Waals surface area contributed by atoms with E-state index in [1.165, 1.54) is 11.3 Å². The number of rotatable bonds is 4. The molecule has 0 radical (unpaired) electrons. The first kappa shape index (κ1) is 16.8. The van der Waals surface area contributed by atoms with Crippen LogP contribution in [0.15, 0.2) is 60.7 Å². The van der Waals surface area contributed by atoms with E-state index in [2.05, 4.69) is 12.2 Å². The molecule has 2 bridgehead atoms. The van der Waals surface area contributed by atoms with Crippen LogP contribution in [0, 0.1) is 35.5 Å². The zero-order valence-corrected chi connectivity index (χ0v) is 16.0. The molecular formula is C24H21NO4. The molecule has 0 N–H and O–H groups in total. The minimum absolute atomic E-state index is 0.0388. The van der Waals surface area contributed by atoms with Gasteiger partial charge in [-0.1, -0.05) is 24.3 Å². The van der Waals surface area contributed by atoms with Gasteiger partial charge in [0.05, 0.1) is 24.6 Å². The van der Waals surface area contributed by atoms with Crippen LogP contribution in [0.5, 0.6) is 17.2 Å². The van der Waals surface area contributed by atoms with Crippen molar-refractivity contribution in [1.82, 2.24) is 0 Å². The molecule has 0 aromatic heterocycles. The Morgan fingerprint density at radius 1 is 0.828 bits per heavy atom. The fourth-order valence-electron chi connectivity index (χ4n) is 5.70. The molecule has 6 atom stereocenters. The first-order valence-corrected chi connectivity index (χ1v) is 10.1. The lowest BCUT2D eigenvalue weighted by Gasteiger charge is -2.37. The minimum Gasteiger partial charge on any atom is -0.493 e. The van der Waals surface area contributed by atoms with Gasteiger partial charge in [-0.2, -0.15) is 0 Å². The van der Waals surface area contributed by atoms with E-state index < -0.39 is 0 Å². The Kier molecular flexibility index (Phi) is 3.46. The second-order valence-electron chi connectivity index (χ2n) is 8.41. The van der Waals surface area contributed by atoms with E-state index >= 15 is 0 Å². The zero-order chi connectivity index (χ0) is 19.7. The van der Waals surface area contributed by atoms with Gasteiger partial charge in [0.2, 0.25) is 11.8 Å². The van der Waals surface area contributed by atoms with E-state index in [0.717, 1.165) is 0 Å². The van der Waals surface area contributed by atoms with Crippen LogP contribution in [-0.4, -0.2) is 18.9 Å². The van der Waals surface area contributed by atoms with E-state index in [1.54, 1.807) is 31.4 Å². The summed E-state index contributed by atoms with van der Waals surface area (Å²) in [5.41, 5.74) is 0.620. The highest BCUT2D eigenvalue weighted by Gasteiger charge is 2.67. The Hall–Kier alpha value is -3.08. The summed E-state index contributed by atoms with van der Waals surface area (Å²) in [5.74, 6) is 3.16. The molecule has 5 aliphatic rings. The molecule has 1 saturated heterocycles. The summed E-state index contributed by atoms with van der Waals surface area (Å²) in [5, 5.41) is 0. The van der Waals surface area contributed by atoms with Crippen molar-refractivity contribution in [3.05, 3.63) is 60.7 Å². The molecule has 2 saturated carbocycles. The molecule has 5 nitrogen and oxygen atoms in total. The molecule has 0 spiro atoms. The van der Waals surface area contributed by atoms with E-state index in [-0.39, 0.29) is 35.5 Å². The predicted molar refractivity (Wildman–Crippen MR) is 107 cm³/mol. The average molecular weight is 387 g/mol. The number of anilines is 1. The molecule has 7 rings (SSSR count). The summed E-state index contributed by atoms with van der Waals surface area (Å²) >= 11 is 0. The Bertz CT molecular complexity index is 1010. The standard InChI is InChI=1S/C24H21NO4/c1-28-19-4-2-3-5-20(19)29-14-8-6-13(7-9-14)25-23(26)21-15-10-11-16(18-12-17(15)18)22(21)24(25)27/h2-11,15-18,21-22H,12H2,1H3. The number of methoxy groups -OCH3 is 1. The van der Waals surface area contributed by atoms with Crippen molar-refractivity contribution in [2.24, 2.45) is 35.5 Å². The molecule has 29 heavy (non-hydrogen) atoms. The molecule has 5 heteroatoms. The first-order valence-electron chi connectivity index (χ1n) is 10.1. The van der Waals surface area contributed by atoms with Crippen LogP contribution in [-0.2, 0) is 9.59 Å². The average Bonchev–Trinajstić information content (AvgIpc) is 3.53. The Balaban J connectivity index is 1.26. The molecule has 2 amide bonds. The molecule has 6 unspecified atom stereocenters. The second-order valence-corrected chi connectivity index (χ2v) is 8.41. The third kappa shape index (κ3) is 2.33. The number of hydrogen-bond donors (Lipinski definition) is 0. The maximum atomic E-state index is 13.2. The summed E-state index contributed by atoms with van der Waals surface area (Å²) in [7, 11) is 1.60. The smallest absolute Gasteiger partial charge is 0.238 e. The highest BCUT2D eigenvalue weighted by atomic mass is 16.5. The van der Waals surface area contributed by atoms with Crippen molar-refractivity contribution in [1.29, 1.82) is 0 Å². The van der Waals surface area contributed by atoms with Crippen molar-refractivity contribution >= 4 is 17.5 Å². The highest BCUT2D eigenvalue weighted by Crippen LogP contribution is 2.65. The Labute approximate surface area is 168 Å². The number of amides is 2. The van der Waals surface area contributed by atoms with Gasteiger partial charge in [-0.25, -0.2) is 0 Å². The maximum Gasteiger partial charge on any atom is 0.238 e. The number of carbonyl (C=O) groups excluding carboxylic acids is 2. The van der Waals surface area contributed by atoms with Gasteiger partial charge in [-0.15, -0.1) is 0 Å². The molecule has 4 aliphatic carbocycles. The molecule has 146 valence electrons. The lowest BCUT2D eigenvalue weighted by molar-refractivity contribution is -0.124. The van der Waals surface area contributed by atoms with Crippen LogP contribution in [0.4, 0.5) is 5.69 Å².